The normalized spacial score (nSPS) is 17.0. The van der Waals surface area contributed by atoms with Gasteiger partial charge in [-0.25, -0.2) is 10.2 Å². The Morgan fingerprint density at radius 3 is 2.68 bits per heavy atom. The van der Waals surface area contributed by atoms with Gasteiger partial charge in [-0.3, -0.25) is 4.90 Å². The minimum absolute atomic E-state index is 0.649. The summed E-state index contributed by atoms with van der Waals surface area (Å²) in [4.78, 5) is 13.2. The summed E-state index contributed by atoms with van der Waals surface area (Å²) in [6, 6.07) is 3.69. The fourth-order valence-corrected chi connectivity index (χ4v) is 2.85. The van der Waals surface area contributed by atoms with Crippen LogP contribution in [0.25, 0.3) is 0 Å². The molecule has 5 heteroatoms. The second-order valence-corrected chi connectivity index (χ2v) is 6.33. The van der Waals surface area contributed by atoms with Gasteiger partial charge in [-0.05, 0) is 74.0 Å². The maximum atomic E-state index is 10.7. The minimum atomic E-state index is -0.649. The van der Waals surface area contributed by atoms with Crippen molar-refractivity contribution in [2.45, 2.75) is 40.2 Å². The molecule has 0 aromatic heterocycles. The van der Waals surface area contributed by atoms with Crippen LogP contribution < -0.4 is 11.2 Å². The number of rotatable bonds is 4. The number of nitrogens with two attached hydrogens (primary N) is 1. The summed E-state index contributed by atoms with van der Waals surface area (Å²) in [6.07, 6.45) is 4.21. The number of carbonyl (C=O) groups is 1. The molecule has 0 aliphatic carbocycles. The maximum absolute atomic E-state index is 10.7. The first-order valence-corrected chi connectivity index (χ1v) is 7.86. The number of likely N-dealkylation sites (tertiary alicyclic amines) is 1. The summed E-state index contributed by atoms with van der Waals surface area (Å²) in [7, 11) is 0. The number of nitrogens with zero attached hydrogens (tertiary/aromatic N) is 2. The van der Waals surface area contributed by atoms with E-state index in [0.29, 0.717) is 0 Å². The lowest BCUT2D eigenvalue weighted by Crippen LogP contribution is -2.32. The molecular weight excluding hydrogens is 276 g/mol. The van der Waals surface area contributed by atoms with Crippen molar-refractivity contribution in [3.05, 3.63) is 34.4 Å². The number of amides is 2. The van der Waals surface area contributed by atoms with E-state index in [1.807, 2.05) is 6.92 Å². The Kier molecular flexibility index (Phi) is 5.55. The average Bonchev–Trinajstić information content (AvgIpc) is 2.45. The summed E-state index contributed by atoms with van der Waals surface area (Å²) in [5.74, 6) is 0.845. The molecule has 1 saturated heterocycles. The number of primary amides is 1. The fourth-order valence-electron chi connectivity index (χ4n) is 2.85. The molecule has 0 bridgehead atoms. The van der Waals surface area contributed by atoms with E-state index in [9.17, 15) is 4.79 Å². The molecule has 120 valence electrons. The molecule has 1 fully saturated rings. The van der Waals surface area contributed by atoms with Crippen molar-refractivity contribution in [1.29, 1.82) is 0 Å². The Balaban J connectivity index is 2.10. The number of hydrogen-bond acceptors (Lipinski definition) is 3. The van der Waals surface area contributed by atoms with E-state index in [1.54, 1.807) is 6.21 Å². The first kappa shape index (κ1) is 16.5. The lowest BCUT2D eigenvalue weighted by molar-refractivity contribution is 0.185. The largest absolute Gasteiger partial charge is 0.350 e. The average molecular weight is 302 g/mol. The maximum Gasteiger partial charge on any atom is 0.332 e. The van der Waals surface area contributed by atoms with E-state index in [1.165, 1.54) is 37.1 Å². The first-order valence-electron chi connectivity index (χ1n) is 7.86. The van der Waals surface area contributed by atoms with Crippen molar-refractivity contribution in [1.82, 2.24) is 10.3 Å². The van der Waals surface area contributed by atoms with Gasteiger partial charge in [0, 0.05) is 6.54 Å². The first-order chi connectivity index (χ1) is 10.5. The van der Waals surface area contributed by atoms with E-state index in [-0.39, 0.29) is 0 Å². The fraction of sp³-hybridized carbons (Fsp3) is 0.529. The highest BCUT2D eigenvalue weighted by atomic mass is 16.2. The molecule has 1 aromatic rings. The van der Waals surface area contributed by atoms with Crippen molar-refractivity contribution in [3.8, 4) is 0 Å². The Morgan fingerprint density at radius 1 is 1.36 bits per heavy atom. The predicted molar refractivity (Wildman–Crippen MR) is 89.9 cm³/mol. The van der Waals surface area contributed by atoms with Gasteiger partial charge in [0.15, 0.2) is 0 Å². The van der Waals surface area contributed by atoms with Crippen LogP contribution in [-0.2, 0) is 6.54 Å². The number of benzene rings is 1. The van der Waals surface area contributed by atoms with E-state index < -0.39 is 6.03 Å². The molecule has 5 nitrogen and oxygen atoms in total. The van der Waals surface area contributed by atoms with Crippen molar-refractivity contribution >= 4 is 12.2 Å². The third-order valence-electron chi connectivity index (χ3n) is 4.37. The van der Waals surface area contributed by atoms with Crippen molar-refractivity contribution < 1.29 is 4.79 Å². The van der Waals surface area contributed by atoms with Gasteiger partial charge in [0.2, 0.25) is 0 Å². The van der Waals surface area contributed by atoms with Gasteiger partial charge in [-0.1, -0.05) is 13.0 Å². The quantitative estimate of drug-likeness (QED) is 0.663. The van der Waals surface area contributed by atoms with E-state index in [4.69, 9.17) is 5.73 Å². The predicted octanol–water partition coefficient (Wildman–Crippen LogP) is 2.54. The highest BCUT2D eigenvalue weighted by Gasteiger charge is 2.16. The Labute approximate surface area is 132 Å². The Morgan fingerprint density at radius 2 is 2.05 bits per heavy atom. The second kappa shape index (κ2) is 7.40. The third kappa shape index (κ3) is 4.56. The summed E-state index contributed by atoms with van der Waals surface area (Å²) in [6.45, 7) is 9.84. The van der Waals surface area contributed by atoms with Crippen LogP contribution in [0.4, 0.5) is 4.79 Å². The van der Waals surface area contributed by atoms with Gasteiger partial charge in [0.1, 0.15) is 0 Å². The van der Waals surface area contributed by atoms with Crippen LogP contribution in [0.3, 0.4) is 0 Å². The van der Waals surface area contributed by atoms with Gasteiger partial charge < -0.3 is 5.73 Å². The van der Waals surface area contributed by atoms with Crippen LogP contribution in [0.15, 0.2) is 17.2 Å². The molecule has 0 radical (unpaired) electrons. The molecular formula is C17H26N4O. The van der Waals surface area contributed by atoms with Crippen LogP contribution in [0.5, 0.6) is 0 Å². The molecule has 2 rings (SSSR count). The van der Waals surface area contributed by atoms with Crippen LogP contribution >= 0.6 is 0 Å². The molecule has 0 atom stereocenters. The Bertz CT molecular complexity index is 560. The molecule has 0 saturated carbocycles. The van der Waals surface area contributed by atoms with Gasteiger partial charge in [-0.2, -0.15) is 5.10 Å². The minimum Gasteiger partial charge on any atom is -0.350 e. The van der Waals surface area contributed by atoms with E-state index >= 15 is 0 Å². The van der Waals surface area contributed by atoms with Gasteiger partial charge >= 0.3 is 6.03 Å². The van der Waals surface area contributed by atoms with Crippen LogP contribution in [-0.4, -0.2) is 30.2 Å². The lowest BCUT2D eigenvalue weighted by atomic mass is 9.96. The van der Waals surface area contributed by atoms with Gasteiger partial charge in [0.25, 0.3) is 0 Å². The number of hydrazone groups is 1. The number of aryl methyl sites for hydroxylation is 2. The lowest BCUT2D eigenvalue weighted by Gasteiger charge is -2.30. The number of carbonyl (C=O) groups excluding carboxylic acids is 1. The summed E-state index contributed by atoms with van der Waals surface area (Å²) in [5, 5.41) is 3.87. The number of piperidine rings is 1. The monoisotopic (exact) mass is 302 g/mol. The van der Waals surface area contributed by atoms with E-state index in [0.717, 1.165) is 23.6 Å². The van der Waals surface area contributed by atoms with Crippen LogP contribution in [0.2, 0.25) is 0 Å². The summed E-state index contributed by atoms with van der Waals surface area (Å²) < 4.78 is 0. The van der Waals surface area contributed by atoms with Gasteiger partial charge in [0.05, 0.1) is 6.21 Å². The zero-order valence-electron chi connectivity index (χ0n) is 13.7. The molecule has 3 N–H and O–H groups in total. The smallest absolute Gasteiger partial charge is 0.332 e. The standard InChI is InChI=1S/C17H26N4O/c1-12-4-6-21(7-5-12)11-16-9-15(10-19-20-17(18)22)13(2)8-14(16)3/h8-10,12H,4-7,11H2,1-3H3,(H3,18,20,22). The third-order valence-corrected chi connectivity index (χ3v) is 4.37. The van der Waals surface area contributed by atoms with E-state index in [2.05, 4.69) is 41.4 Å². The zero-order chi connectivity index (χ0) is 16.1. The molecule has 2 amide bonds. The van der Waals surface area contributed by atoms with Gasteiger partial charge in [-0.15, -0.1) is 0 Å². The summed E-state index contributed by atoms with van der Waals surface area (Å²) in [5.41, 5.74) is 12.0. The van der Waals surface area contributed by atoms with Crippen molar-refractivity contribution in [3.63, 3.8) is 0 Å². The van der Waals surface area contributed by atoms with Crippen LogP contribution in [0, 0.1) is 19.8 Å². The number of urea groups is 1. The second-order valence-electron chi connectivity index (χ2n) is 6.33. The highest BCUT2D eigenvalue weighted by Crippen LogP contribution is 2.21. The molecule has 0 unspecified atom stereocenters. The molecule has 1 heterocycles. The van der Waals surface area contributed by atoms with Crippen molar-refractivity contribution in [2.24, 2.45) is 16.8 Å². The Hall–Kier alpha value is -1.88. The molecule has 1 aromatic carbocycles. The zero-order valence-corrected chi connectivity index (χ0v) is 13.7. The molecule has 1 aliphatic heterocycles. The van der Waals surface area contributed by atoms with Crippen LogP contribution in [0.1, 0.15) is 42.0 Å². The number of hydrogen-bond donors (Lipinski definition) is 2. The molecule has 22 heavy (non-hydrogen) atoms. The number of nitrogens with one attached hydrogen (secondary N) is 1. The summed E-state index contributed by atoms with van der Waals surface area (Å²) >= 11 is 0. The molecule has 1 aliphatic rings. The topological polar surface area (TPSA) is 70.7 Å². The molecule has 0 spiro atoms. The SMILES string of the molecule is Cc1cc(C)c(CN2CCC(C)CC2)cc1C=NNC(N)=O. The van der Waals surface area contributed by atoms with Crippen molar-refractivity contribution in [2.75, 3.05) is 13.1 Å². The highest BCUT2D eigenvalue weighted by molar-refractivity contribution is 5.83.